The summed E-state index contributed by atoms with van der Waals surface area (Å²) in [5.74, 6) is 1.29. The second-order valence-electron chi connectivity index (χ2n) is 4.95. The first-order valence-electron chi connectivity index (χ1n) is 6.91. The lowest BCUT2D eigenvalue weighted by Gasteiger charge is -2.08. The maximum Gasteiger partial charge on any atom is 0.255 e. The van der Waals surface area contributed by atoms with Crippen LogP contribution >= 0.6 is 0 Å². The molecule has 0 aromatic heterocycles. The van der Waals surface area contributed by atoms with Gasteiger partial charge in [0.1, 0.15) is 18.1 Å². The normalized spacial score (nSPS) is 9.91. The van der Waals surface area contributed by atoms with Gasteiger partial charge in [0.25, 0.3) is 5.91 Å². The molecule has 4 heteroatoms. The Hall–Kier alpha value is -2.75. The van der Waals surface area contributed by atoms with E-state index in [0.717, 1.165) is 11.3 Å². The Kier molecular flexibility index (Phi) is 5.20. The lowest BCUT2D eigenvalue weighted by Crippen LogP contribution is -2.11. The molecular formula is C18H19NO3. The van der Waals surface area contributed by atoms with Gasteiger partial charge in [0.15, 0.2) is 0 Å². The molecule has 0 spiro atoms. The summed E-state index contributed by atoms with van der Waals surface area (Å²) in [5.41, 5.74) is 2.23. The first-order chi connectivity index (χ1) is 10.6. The van der Waals surface area contributed by atoms with Gasteiger partial charge in [-0.1, -0.05) is 6.58 Å². The van der Waals surface area contributed by atoms with Gasteiger partial charge in [-0.25, -0.2) is 0 Å². The van der Waals surface area contributed by atoms with Crippen molar-refractivity contribution in [1.29, 1.82) is 0 Å². The van der Waals surface area contributed by atoms with Crippen LogP contribution in [0.1, 0.15) is 17.3 Å². The van der Waals surface area contributed by atoms with E-state index >= 15 is 0 Å². The highest BCUT2D eigenvalue weighted by molar-refractivity contribution is 6.04. The van der Waals surface area contributed by atoms with E-state index in [2.05, 4.69) is 11.9 Å². The van der Waals surface area contributed by atoms with Crippen LogP contribution in [0.25, 0.3) is 0 Å². The third kappa shape index (κ3) is 4.38. The molecule has 0 fully saturated rings. The summed E-state index contributed by atoms with van der Waals surface area (Å²) in [4.78, 5) is 12.1. The minimum Gasteiger partial charge on any atom is -0.497 e. The Labute approximate surface area is 130 Å². The van der Waals surface area contributed by atoms with Crippen LogP contribution in [0.5, 0.6) is 11.5 Å². The number of hydrogen-bond acceptors (Lipinski definition) is 3. The van der Waals surface area contributed by atoms with Crippen molar-refractivity contribution in [2.75, 3.05) is 19.0 Å². The molecular weight excluding hydrogens is 278 g/mol. The SMILES string of the molecule is C=C(C)COc1ccc(C(=O)Nc2ccc(OC)cc2)cc1. The minimum atomic E-state index is -0.170. The Morgan fingerprint density at radius 2 is 1.64 bits per heavy atom. The molecule has 2 aromatic rings. The van der Waals surface area contributed by atoms with Crippen LogP contribution in [-0.2, 0) is 0 Å². The maximum atomic E-state index is 12.1. The summed E-state index contributed by atoms with van der Waals surface area (Å²) < 4.78 is 10.6. The van der Waals surface area contributed by atoms with Crippen molar-refractivity contribution >= 4 is 11.6 Å². The van der Waals surface area contributed by atoms with Crippen LogP contribution in [-0.4, -0.2) is 19.6 Å². The highest BCUT2D eigenvalue weighted by Gasteiger charge is 2.06. The van der Waals surface area contributed by atoms with Crippen molar-refractivity contribution in [3.8, 4) is 11.5 Å². The van der Waals surface area contributed by atoms with Gasteiger partial charge in [0.05, 0.1) is 7.11 Å². The quantitative estimate of drug-likeness (QED) is 0.823. The Balaban J connectivity index is 1.98. The first-order valence-corrected chi connectivity index (χ1v) is 6.91. The zero-order chi connectivity index (χ0) is 15.9. The number of amides is 1. The lowest BCUT2D eigenvalue weighted by atomic mass is 10.2. The van der Waals surface area contributed by atoms with Gasteiger partial charge in [0.2, 0.25) is 0 Å². The maximum absolute atomic E-state index is 12.1. The monoisotopic (exact) mass is 297 g/mol. The molecule has 1 N–H and O–H groups in total. The van der Waals surface area contributed by atoms with Crippen molar-refractivity contribution in [2.24, 2.45) is 0 Å². The molecule has 0 radical (unpaired) electrons. The third-order valence-electron chi connectivity index (χ3n) is 2.95. The Morgan fingerprint density at radius 3 is 2.18 bits per heavy atom. The minimum absolute atomic E-state index is 0.170. The van der Waals surface area contributed by atoms with Gasteiger partial charge in [-0.2, -0.15) is 0 Å². The van der Waals surface area contributed by atoms with E-state index in [-0.39, 0.29) is 5.91 Å². The van der Waals surface area contributed by atoms with Crippen LogP contribution in [0, 0.1) is 0 Å². The molecule has 0 saturated heterocycles. The smallest absolute Gasteiger partial charge is 0.255 e. The summed E-state index contributed by atoms with van der Waals surface area (Å²) in [7, 11) is 1.60. The van der Waals surface area contributed by atoms with Crippen molar-refractivity contribution in [3.63, 3.8) is 0 Å². The van der Waals surface area contributed by atoms with E-state index in [1.807, 2.05) is 6.92 Å². The molecule has 22 heavy (non-hydrogen) atoms. The second kappa shape index (κ2) is 7.31. The van der Waals surface area contributed by atoms with E-state index < -0.39 is 0 Å². The van der Waals surface area contributed by atoms with Gasteiger partial charge < -0.3 is 14.8 Å². The molecule has 0 aliphatic heterocycles. The summed E-state index contributed by atoms with van der Waals surface area (Å²) in [6.07, 6.45) is 0. The summed E-state index contributed by atoms with van der Waals surface area (Å²) >= 11 is 0. The number of ether oxygens (including phenoxy) is 2. The van der Waals surface area contributed by atoms with Crippen LogP contribution < -0.4 is 14.8 Å². The summed E-state index contributed by atoms with van der Waals surface area (Å²) in [6.45, 7) is 6.15. The number of hydrogen-bond donors (Lipinski definition) is 1. The molecule has 2 rings (SSSR count). The summed E-state index contributed by atoms with van der Waals surface area (Å²) in [6, 6.07) is 14.2. The van der Waals surface area contributed by atoms with Crippen LogP contribution in [0.2, 0.25) is 0 Å². The largest absolute Gasteiger partial charge is 0.497 e. The third-order valence-corrected chi connectivity index (χ3v) is 2.95. The van der Waals surface area contributed by atoms with E-state index in [9.17, 15) is 4.79 Å². The number of rotatable bonds is 6. The molecule has 0 bridgehead atoms. The number of benzene rings is 2. The van der Waals surface area contributed by atoms with Crippen LogP contribution in [0.15, 0.2) is 60.7 Å². The summed E-state index contributed by atoms with van der Waals surface area (Å²) in [5, 5.41) is 2.83. The van der Waals surface area contributed by atoms with Crippen LogP contribution in [0.3, 0.4) is 0 Å². The first kappa shape index (κ1) is 15.6. The molecule has 1 amide bonds. The molecule has 2 aromatic carbocycles. The number of carbonyl (C=O) groups excluding carboxylic acids is 1. The van der Waals surface area contributed by atoms with Crippen molar-refractivity contribution in [3.05, 3.63) is 66.2 Å². The molecule has 4 nitrogen and oxygen atoms in total. The van der Waals surface area contributed by atoms with Crippen molar-refractivity contribution in [2.45, 2.75) is 6.92 Å². The van der Waals surface area contributed by atoms with Gasteiger partial charge >= 0.3 is 0 Å². The van der Waals surface area contributed by atoms with Gasteiger partial charge in [-0.15, -0.1) is 0 Å². The number of nitrogens with one attached hydrogen (secondary N) is 1. The van der Waals surface area contributed by atoms with Crippen molar-refractivity contribution < 1.29 is 14.3 Å². The van der Waals surface area contributed by atoms with Gasteiger partial charge in [0, 0.05) is 11.3 Å². The number of carbonyl (C=O) groups is 1. The van der Waals surface area contributed by atoms with E-state index in [0.29, 0.717) is 23.6 Å². The predicted molar refractivity (Wildman–Crippen MR) is 87.7 cm³/mol. The standard InChI is InChI=1S/C18H19NO3/c1-13(2)12-22-17-8-4-14(5-9-17)18(20)19-15-6-10-16(21-3)11-7-15/h4-11H,1,12H2,2-3H3,(H,19,20). The molecule has 0 unspecified atom stereocenters. The van der Waals surface area contributed by atoms with E-state index in [1.54, 1.807) is 55.6 Å². The zero-order valence-corrected chi connectivity index (χ0v) is 12.8. The average molecular weight is 297 g/mol. The fraction of sp³-hybridized carbons (Fsp3) is 0.167. The molecule has 114 valence electrons. The molecule has 0 aliphatic rings. The Bertz CT molecular complexity index is 645. The second-order valence-corrected chi connectivity index (χ2v) is 4.95. The zero-order valence-electron chi connectivity index (χ0n) is 12.8. The average Bonchev–Trinajstić information content (AvgIpc) is 2.54. The van der Waals surface area contributed by atoms with E-state index in [1.165, 1.54) is 0 Å². The fourth-order valence-electron chi connectivity index (χ4n) is 1.79. The topological polar surface area (TPSA) is 47.6 Å². The Morgan fingerprint density at radius 1 is 1.05 bits per heavy atom. The van der Waals surface area contributed by atoms with Gasteiger partial charge in [-0.3, -0.25) is 4.79 Å². The van der Waals surface area contributed by atoms with Crippen molar-refractivity contribution in [1.82, 2.24) is 0 Å². The molecule has 0 aliphatic carbocycles. The van der Waals surface area contributed by atoms with E-state index in [4.69, 9.17) is 9.47 Å². The predicted octanol–water partition coefficient (Wildman–Crippen LogP) is 3.90. The number of anilines is 1. The lowest BCUT2D eigenvalue weighted by molar-refractivity contribution is 0.102. The fourth-order valence-corrected chi connectivity index (χ4v) is 1.79. The van der Waals surface area contributed by atoms with Gasteiger partial charge in [-0.05, 0) is 61.0 Å². The van der Waals surface area contributed by atoms with Crippen LogP contribution in [0.4, 0.5) is 5.69 Å². The molecule has 0 atom stereocenters. The molecule has 0 saturated carbocycles. The number of methoxy groups -OCH3 is 1. The molecule has 0 heterocycles. The highest BCUT2D eigenvalue weighted by atomic mass is 16.5. The highest BCUT2D eigenvalue weighted by Crippen LogP contribution is 2.17.